The van der Waals surface area contributed by atoms with E-state index in [-0.39, 0.29) is 5.69 Å². The number of nitrogens with one attached hydrogen (secondary N) is 1. The molecule has 0 aliphatic heterocycles. The van der Waals surface area contributed by atoms with Gasteiger partial charge in [-0.05, 0) is 73.0 Å². The summed E-state index contributed by atoms with van der Waals surface area (Å²) in [6.07, 6.45) is 0. The fourth-order valence-electron chi connectivity index (χ4n) is 3.85. The fraction of sp³-hybridized carbons (Fsp3) is 0.185. The Hall–Kier alpha value is -4.26. The van der Waals surface area contributed by atoms with Crippen molar-refractivity contribution >= 4 is 22.6 Å². The molecule has 1 N–H and O–H groups in total. The predicted molar refractivity (Wildman–Crippen MR) is 131 cm³/mol. The van der Waals surface area contributed by atoms with Gasteiger partial charge < -0.3 is 23.9 Å². The first-order valence-electron chi connectivity index (χ1n) is 10.6. The molecule has 0 atom stereocenters. The molecule has 174 valence electrons. The summed E-state index contributed by atoms with van der Waals surface area (Å²) in [4.78, 5) is 25.7. The smallest absolute Gasteiger partial charge is 0.360 e. The standard InChI is InChI=1S/C27H25NO6/c1-15-16(2)25-19(14-24(15)33-5)13-22(27(30)34-25)28-26(29)18-9-10-23(32-4)21(12-18)17-7-6-8-20(11-17)31-3/h6-14H,1-5H3,(H,28,29). The van der Waals surface area contributed by atoms with Crippen molar-refractivity contribution in [3.8, 4) is 28.4 Å². The van der Waals surface area contributed by atoms with Crippen LogP contribution in [0.4, 0.5) is 5.69 Å². The quantitative estimate of drug-likeness (QED) is 0.391. The van der Waals surface area contributed by atoms with Crippen LogP contribution in [-0.4, -0.2) is 27.2 Å². The van der Waals surface area contributed by atoms with Crippen molar-refractivity contribution in [1.82, 2.24) is 0 Å². The van der Waals surface area contributed by atoms with E-state index in [9.17, 15) is 9.59 Å². The molecule has 0 saturated carbocycles. The van der Waals surface area contributed by atoms with Gasteiger partial charge in [0.2, 0.25) is 0 Å². The molecule has 0 aliphatic carbocycles. The molecule has 0 radical (unpaired) electrons. The normalized spacial score (nSPS) is 10.7. The molecule has 0 spiro atoms. The maximum Gasteiger partial charge on any atom is 0.360 e. The van der Waals surface area contributed by atoms with Gasteiger partial charge in [-0.25, -0.2) is 4.79 Å². The monoisotopic (exact) mass is 459 g/mol. The number of hydrogen-bond donors (Lipinski definition) is 1. The second-order valence-electron chi connectivity index (χ2n) is 7.80. The van der Waals surface area contributed by atoms with Crippen LogP contribution < -0.4 is 25.2 Å². The first-order chi connectivity index (χ1) is 16.4. The molecule has 1 aromatic heterocycles. The third-order valence-electron chi connectivity index (χ3n) is 5.85. The minimum atomic E-state index is -0.630. The highest BCUT2D eigenvalue weighted by atomic mass is 16.5. The zero-order chi connectivity index (χ0) is 24.4. The lowest BCUT2D eigenvalue weighted by Crippen LogP contribution is -2.18. The van der Waals surface area contributed by atoms with E-state index in [2.05, 4.69) is 5.32 Å². The van der Waals surface area contributed by atoms with Crippen molar-refractivity contribution < 1.29 is 23.4 Å². The van der Waals surface area contributed by atoms with Gasteiger partial charge in [0.15, 0.2) is 0 Å². The molecule has 3 aromatic carbocycles. The molecule has 4 rings (SSSR count). The number of fused-ring (bicyclic) bond motifs is 1. The van der Waals surface area contributed by atoms with E-state index in [1.165, 1.54) is 0 Å². The van der Waals surface area contributed by atoms with Crippen molar-refractivity contribution in [2.24, 2.45) is 0 Å². The Morgan fingerprint density at radius 1 is 0.853 bits per heavy atom. The van der Waals surface area contributed by atoms with Crippen LogP contribution in [0.25, 0.3) is 22.1 Å². The van der Waals surface area contributed by atoms with Gasteiger partial charge in [-0.1, -0.05) is 12.1 Å². The molecule has 0 bridgehead atoms. The summed E-state index contributed by atoms with van der Waals surface area (Å²) in [6.45, 7) is 3.76. The number of carbonyl (C=O) groups is 1. The first-order valence-corrected chi connectivity index (χ1v) is 10.6. The summed E-state index contributed by atoms with van der Waals surface area (Å²) in [5.41, 5.74) is 3.48. The van der Waals surface area contributed by atoms with Crippen molar-refractivity contribution in [2.45, 2.75) is 13.8 Å². The van der Waals surface area contributed by atoms with Crippen molar-refractivity contribution in [2.75, 3.05) is 26.6 Å². The molecule has 4 aromatic rings. The largest absolute Gasteiger partial charge is 0.497 e. The zero-order valence-electron chi connectivity index (χ0n) is 19.6. The number of rotatable bonds is 6. The Morgan fingerprint density at radius 3 is 2.32 bits per heavy atom. The van der Waals surface area contributed by atoms with E-state index >= 15 is 0 Å². The molecule has 1 amide bonds. The Bertz CT molecular complexity index is 1450. The SMILES string of the molecule is COc1cccc(-c2cc(C(=O)Nc3cc4cc(OC)c(C)c(C)c4oc3=O)ccc2OC)c1. The molecule has 7 nitrogen and oxygen atoms in total. The van der Waals surface area contributed by atoms with Gasteiger partial charge in [-0.3, -0.25) is 4.79 Å². The lowest BCUT2D eigenvalue weighted by molar-refractivity contribution is 0.102. The van der Waals surface area contributed by atoms with Gasteiger partial charge >= 0.3 is 5.63 Å². The maximum absolute atomic E-state index is 13.1. The summed E-state index contributed by atoms with van der Waals surface area (Å²) < 4.78 is 21.8. The molecular formula is C27H25NO6. The Balaban J connectivity index is 1.72. The fourth-order valence-corrected chi connectivity index (χ4v) is 3.85. The highest BCUT2D eigenvalue weighted by molar-refractivity contribution is 6.06. The number of carbonyl (C=O) groups excluding carboxylic acids is 1. The maximum atomic E-state index is 13.1. The molecule has 0 saturated heterocycles. The Kier molecular flexibility index (Phi) is 6.27. The second kappa shape index (κ2) is 9.31. The van der Waals surface area contributed by atoms with E-state index in [1.807, 2.05) is 38.1 Å². The van der Waals surface area contributed by atoms with Gasteiger partial charge in [0.1, 0.15) is 28.5 Å². The minimum absolute atomic E-state index is 0.0431. The van der Waals surface area contributed by atoms with Crippen LogP contribution >= 0.6 is 0 Å². The van der Waals surface area contributed by atoms with Gasteiger partial charge in [0.05, 0.1) is 21.3 Å². The molecule has 1 heterocycles. The van der Waals surface area contributed by atoms with Crippen LogP contribution in [0.5, 0.6) is 17.2 Å². The lowest BCUT2D eigenvalue weighted by Gasteiger charge is -2.13. The minimum Gasteiger partial charge on any atom is -0.497 e. The third kappa shape index (κ3) is 4.20. The molecule has 7 heteroatoms. The summed E-state index contributed by atoms with van der Waals surface area (Å²) in [5.74, 6) is 1.51. The first kappa shape index (κ1) is 22.9. The van der Waals surface area contributed by atoms with E-state index < -0.39 is 11.5 Å². The summed E-state index contributed by atoms with van der Waals surface area (Å²) in [6, 6.07) is 15.9. The molecule has 0 aliphatic rings. The lowest BCUT2D eigenvalue weighted by atomic mass is 10.0. The average Bonchev–Trinajstić information content (AvgIpc) is 2.86. The number of anilines is 1. The van der Waals surface area contributed by atoms with Crippen LogP contribution in [-0.2, 0) is 0 Å². The van der Waals surface area contributed by atoms with E-state index in [4.69, 9.17) is 18.6 Å². The van der Waals surface area contributed by atoms with Crippen LogP contribution in [0.3, 0.4) is 0 Å². The molecule has 0 fully saturated rings. The number of methoxy groups -OCH3 is 3. The predicted octanol–water partition coefficient (Wildman–Crippen LogP) is 5.35. The van der Waals surface area contributed by atoms with E-state index in [0.29, 0.717) is 33.8 Å². The third-order valence-corrected chi connectivity index (χ3v) is 5.85. The van der Waals surface area contributed by atoms with E-state index in [1.54, 1.807) is 51.7 Å². The van der Waals surface area contributed by atoms with Crippen LogP contribution in [0.1, 0.15) is 21.5 Å². The number of aryl methyl sites for hydroxylation is 1. The van der Waals surface area contributed by atoms with Gasteiger partial charge in [-0.15, -0.1) is 0 Å². The highest BCUT2D eigenvalue weighted by Gasteiger charge is 2.17. The summed E-state index contributed by atoms with van der Waals surface area (Å²) in [7, 11) is 4.74. The Morgan fingerprint density at radius 2 is 1.62 bits per heavy atom. The van der Waals surface area contributed by atoms with Gasteiger partial charge in [0, 0.05) is 16.5 Å². The van der Waals surface area contributed by atoms with Gasteiger partial charge in [-0.2, -0.15) is 0 Å². The van der Waals surface area contributed by atoms with Crippen molar-refractivity contribution in [3.63, 3.8) is 0 Å². The van der Waals surface area contributed by atoms with Crippen LogP contribution in [0, 0.1) is 13.8 Å². The number of benzene rings is 3. The molecule has 34 heavy (non-hydrogen) atoms. The van der Waals surface area contributed by atoms with Crippen LogP contribution in [0.15, 0.2) is 63.8 Å². The molecule has 0 unspecified atom stereocenters. The summed E-state index contributed by atoms with van der Waals surface area (Å²) >= 11 is 0. The average molecular weight is 459 g/mol. The zero-order valence-corrected chi connectivity index (χ0v) is 19.6. The van der Waals surface area contributed by atoms with Crippen LogP contribution in [0.2, 0.25) is 0 Å². The van der Waals surface area contributed by atoms with Crippen molar-refractivity contribution in [3.05, 3.63) is 81.7 Å². The second-order valence-corrected chi connectivity index (χ2v) is 7.80. The topological polar surface area (TPSA) is 87.0 Å². The number of hydrogen-bond acceptors (Lipinski definition) is 6. The number of amides is 1. The van der Waals surface area contributed by atoms with Crippen molar-refractivity contribution in [1.29, 1.82) is 0 Å². The van der Waals surface area contributed by atoms with Gasteiger partial charge in [0.25, 0.3) is 5.91 Å². The number of ether oxygens (including phenoxy) is 3. The highest BCUT2D eigenvalue weighted by Crippen LogP contribution is 2.33. The summed E-state index contributed by atoms with van der Waals surface area (Å²) in [5, 5.41) is 3.33. The van der Waals surface area contributed by atoms with E-state index in [0.717, 1.165) is 22.3 Å². The Labute approximate surface area is 196 Å². The molecular weight excluding hydrogens is 434 g/mol.